The van der Waals surface area contributed by atoms with Crippen molar-refractivity contribution in [1.29, 1.82) is 0 Å². The first-order chi connectivity index (χ1) is 8.24. The maximum absolute atomic E-state index is 4.22. The Bertz CT molecular complexity index is 508. The number of aromatic nitrogens is 4. The van der Waals surface area contributed by atoms with Gasteiger partial charge in [0.05, 0.1) is 11.4 Å². The molecule has 2 aromatic heterocycles. The SMILES string of the molecule is CCc1nnc(C)cc1-c1nnc(CNC)s1. The lowest BCUT2D eigenvalue weighted by molar-refractivity contribution is 0.794. The maximum Gasteiger partial charge on any atom is 0.149 e. The summed E-state index contributed by atoms with van der Waals surface area (Å²) in [6, 6.07) is 2.02. The zero-order valence-electron chi connectivity index (χ0n) is 10.2. The molecule has 2 aromatic rings. The van der Waals surface area contributed by atoms with Crippen LogP contribution >= 0.6 is 11.3 Å². The van der Waals surface area contributed by atoms with E-state index in [-0.39, 0.29) is 0 Å². The summed E-state index contributed by atoms with van der Waals surface area (Å²) in [5.74, 6) is 0. The quantitative estimate of drug-likeness (QED) is 0.891. The summed E-state index contributed by atoms with van der Waals surface area (Å²) in [6.45, 7) is 4.75. The summed E-state index contributed by atoms with van der Waals surface area (Å²) in [5, 5.41) is 21.6. The first kappa shape index (κ1) is 12.1. The minimum absolute atomic E-state index is 0.747. The van der Waals surface area contributed by atoms with Crippen LogP contribution in [-0.4, -0.2) is 27.4 Å². The number of hydrogen-bond acceptors (Lipinski definition) is 6. The van der Waals surface area contributed by atoms with Crippen LogP contribution < -0.4 is 5.32 Å². The molecule has 0 unspecified atom stereocenters. The second-order valence-electron chi connectivity index (χ2n) is 3.73. The van der Waals surface area contributed by atoms with Gasteiger partial charge < -0.3 is 5.32 Å². The van der Waals surface area contributed by atoms with Crippen molar-refractivity contribution in [3.05, 3.63) is 22.5 Å². The highest BCUT2D eigenvalue weighted by Gasteiger charge is 2.11. The lowest BCUT2D eigenvalue weighted by atomic mass is 10.1. The Morgan fingerprint density at radius 1 is 1.24 bits per heavy atom. The molecule has 0 aliphatic carbocycles. The van der Waals surface area contributed by atoms with E-state index in [0.717, 1.165) is 39.9 Å². The normalized spacial score (nSPS) is 10.8. The Morgan fingerprint density at radius 3 is 2.76 bits per heavy atom. The van der Waals surface area contributed by atoms with E-state index in [4.69, 9.17) is 0 Å². The molecule has 17 heavy (non-hydrogen) atoms. The molecule has 6 heteroatoms. The fraction of sp³-hybridized carbons (Fsp3) is 0.455. The zero-order valence-corrected chi connectivity index (χ0v) is 11.0. The summed E-state index contributed by atoms with van der Waals surface area (Å²) in [5.41, 5.74) is 2.94. The summed E-state index contributed by atoms with van der Waals surface area (Å²) in [7, 11) is 1.90. The van der Waals surface area contributed by atoms with Gasteiger partial charge in [-0.15, -0.1) is 10.2 Å². The molecule has 0 aliphatic rings. The number of hydrogen-bond donors (Lipinski definition) is 1. The summed E-state index contributed by atoms with van der Waals surface area (Å²) >= 11 is 1.60. The molecule has 0 fully saturated rings. The highest BCUT2D eigenvalue weighted by molar-refractivity contribution is 7.14. The van der Waals surface area contributed by atoms with Crippen LogP contribution in [0.5, 0.6) is 0 Å². The van der Waals surface area contributed by atoms with Crippen LogP contribution in [0.3, 0.4) is 0 Å². The zero-order chi connectivity index (χ0) is 12.3. The molecule has 0 bridgehead atoms. The third-order valence-corrected chi connectivity index (χ3v) is 3.31. The molecule has 0 aromatic carbocycles. The smallest absolute Gasteiger partial charge is 0.149 e. The first-order valence-electron chi connectivity index (χ1n) is 5.55. The molecule has 0 saturated carbocycles. The highest BCUT2D eigenvalue weighted by Crippen LogP contribution is 2.26. The molecular weight excluding hydrogens is 234 g/mol. The van der Waals surface area contributed by atoms with Crippen molar-refractivity contribution >= 4 is 11.3 Å². The van der Waals surface area contributed by atoms with Gasteiger partial charge in [0.25, 0.3) is 0 Å². The van der Waals surface area contributed by atoms with Gasteiger partial charge in [0.15, 0.2) is 0 Å². The number of aryl methyl sites for hydroxylation is 2. The average molecular weight is 249 g/mol. The lowest BCUT2D eigenvalue weighted by Crippen LogP contribution is -2.04. The summed E-state index contributed by atoms with van der Waals surface area (Å²) in [4.78, 5) is 0. The van der Waals surface area contributed by atoms with Gasteiger partial charge in [-0.2, -0.15) is 10.2 Å². The van der Waals surface area contributed by atoms with E-state index in [1.54, 1.807) is 11.3 Å². The first-order valence-corrected chi connectivity index (χ1v) is 6.36. The fourth-order valence-corrected chi connectivity index (χ4v) is 2.44. The van der Waals surface area contributed by atoms with Crippen LogP contribution in [0.1, 0.15) is 23.3 Å². The Labute approximate surface area is 104 Å². The van der Waals surface area contributed by atoms with Crippen molar-refractivity contribution in [1.82, 2.24) is 25.7 Å². The van der Waals surface area contributed by atoms with Crippen molar-refractivity contribution in [2.24, 2.45) is 0 Å². The topological polar surface area (TPSA) is 63.6 Å². The second kappa shape index (κ2) is 5.29. The molecule has 0 aliphatic heterocycles. The van der Waals surface area contributed by atoms with Gasteiger partial charge >= 0.3 is 0 Å². The van der Waals surface area contributed by atoms with Gasteiger partial charge in [-0.25, -0.2) is 0 Å². The predicted molar refractivity (Wildman–Crippen MR) is 67.8 cm³/mol. The van der Waals surface area contributed by atoms with Gasteiger partial charge in [0.2, 0.25) is 0 Å². The Hall–Kier alpha value is -1.40. The molecule has 2 heterocycles. The Kier molecular flexibility index (Phi) is 3.75. The minimum atomic E-state index is 0.747. The molecule has 0 spiro atoms. The van der Waals surface area contributed by atoms with Crippen LogP contribution in [-0.2, 0) is 13.0 Å². The largest absolute Gasteiger partial charge is 0.313 e. The lowest BCUT2D eigenvalue weighted by Gasteiger charge is -2.02. The maximum atomic E-state index is 4.22. The number of nitrogens with one attached hydrogen (secondary N) is 1. The van der Waals surface area contributed by atoms with Crippen molar-refractivity contribution in [3.63, 3.8) is 0 Å². The fourth-order valence-electron chi connectivity index (χ4n) is 1.55. The molecule has 2 rings (SSSR count). The standard InChI is InChI=1S/C11H15N5S/c1-4-9-8(5-7(2)13-14-9)11-16-15-10(17-11)6-12-3/h5,12H,4,6H2,1-3H3. The Balaban J connectivity index is 2.40. The number of nitrogens with zero attached hydrogens (tertiary/aromatic N) is 4. The van der Waals surface area contributed by atoms with E-state index in [1.165, 1.54) is 0 Å². The van der Waals surface area contributed by atoms with Crippen LogP contribution in [0, 0.1) is 6.92 Å². The number of rotatable bonds is 4. The molecule has 0 saturated heterocycles. The van der Waals surface area contributed by atoms with Crippen LogP contribution in [0.4, 0.5) is 0 Å². The van der Waals surface area contributed by atoms with Crippen LogP contribution in [0.2, 0.25) is 0 Å². The van der Waals surface area contributed by atoms with E-state index in [2.05, 4.69) is 32.6 Å². The Morgan fingerprint density at radius 2 is 2.06 bits per heavy atom. The van der Waals surface area contributed by atoms with E-state index in [1.807, 2.05) is 20.0 Å². The van der Waals surface area contributed by atoms with E-state index < -0.39 is 0 Å². The summed E-state index contributed by atoms with van der Waals surface area (Å²) in [6.07, 6.45) is 0.851. The van der Waals surface area contributed by atoms with Gasteiger partial charge in [-0.05, 0) is 26.5 Å². The molecular formula is C11H15N5S. The minimum Gasteiger partial charge on any atom is -0.313 e. The predicted octanol–water partition coefficient (Wildman–Crippen LogP) is 1.59. The van der Waals surface area contributed by atoms with Crippen molar-refractivity contribution < 1.29 is 0 Å². The van der Waals surface area contributed by atoms with E-state index in [9.17, 15) is 0 Å². The second-order valence-corrected chi connectivity index (χ2v) is 4.79. The third kappa shape index (κ3) is 2.65. The van der Waals surface area contributed by atoms with Crippen LogP contribution in [0.15, 0.2) is 6.07 Å². The van der Waals surface area contributed by atoms with Crippen molar-refractivity contribution in [2.45, 2.75) is 26.8 Å². The van der Waals surface area contributed by atoms with Gasteiger partial charge in [-0.1, -0.05) is 18.3 Å². The van der Waals surface area contributed by atoms with Gasteiger partial charge in [-0.3, -0.25) is 0 Å². The van der Waals surface area contributed by atoms with Gasteiger partial charge in [0, 0.05) is 12.1 Å². The monoisotopic (exact) mass is 249 g/mol. The molecule has 0 amide bonds. The molecule has 90 valence electrons. The van der Waals surface area contributed by atoms with E-state index >= 15 is 0 Å². The molecule has 0 atom stereocenters. The third-order valence-electron chi connectivity index (χ3n) is 2.35. The van der Waals surface area contributed by atoms with E-state index in [0.29, 0.717) is 0 Å². The van der Waals surface area contributed by atoms with Gasteiger partial charge in [0.1, 0.15) is 10.0 Å². The van der Waals surface area contributed by atoms with Crippen molar-refractivity contribution in [2.75, 3.05) is 7.05 Å². The molecule has 0 radical (unpaired) electrons. The van der Waals surface area contributed by atoms with Crippen LogP contribution in [0.25, 0.3) is 10.6 Å². The van der Waals surface area contributed by atoms with Crippen molar-refractivity contribution in [3.8, 4) is 10.6 Å². The summed E-state index contributed by atoms with van der Waals surface area (Å²) < 4.78 is 0. The molecule has 5 nitrogen and oxygen atoms in total. The highest BCUT2D eigenvalue weighted by atomic mass is 32.1. The average Bonchev–Trinajstić information content (AvgIpc) is 2.78. The molecule has 1 N–H and O–H groups in total.